The van der Waals surface area contributed by atoms with Gasteiger partial charge in [-0.25, -0.2) is 0 Å². The third kappa shape index (κ3) is 3.53. The summed E-state index contributed by atoms with van der Waals surface area (Å²) in [6.45, 7) is 1.74. The Morgan fingerprint density at radius 3 is 3.06 bits per heavy atom. The molecule has 1 fully saturated rings. The number of hydrogen-bond donors (Lipinski definition) is 1. The number of aromatic nitrogens is 1. The Kier molecular flexibility index (Phi) is 4.09. The molecule has 92 valence electrons. The number of likely N-dealkylation sites (tertiary alicyclic amines) is 1. The fourth-order valence-corrected chi connectivity index (χ4v) is 2.40. The zero-order chi connectivity index (χ0) is 12.1. The molecular formula is C13H18N2O2. The molecule has 0 saturated carbocycles. The summed E-state index contributed by atoms with van der Waals surface area (Å²) in [5.74, 6) is -0.706. The van der Waals surface area contributed by atoms with E-state index in [9.17, 15) is 4.79 Å². The molecule has 2 heterocycles. The molecule has 17 heavy (non-hydrogen) atoms. The number of aliphatic carboxylic acids is 1. The van der Waals surface area contributed by atoms with Gasteiger partial charge in [-0.05, 0) is 31.5 Å². The van der Waals surface area contributed by atoms with Crippen molar-refractivity contribution in [2.45, 2.75) is 38.3 Å². The first-order valence-electron chi connectivity index (χ1n) is 6.11. The van der Waals surface area contributed by atoms with E-state index in [1.165, 1.54) is 0 Å². The third-order valence-electron chi connectivity index (χ3n) is 3.25. The highest BCUT2D eigenvalue weighted by molar-refractivity contribution is 5.67. The summed E-state index contributed by atoms with van der Waals surface area (Å²) in [7, 11) is 0. The Balaban J connectivity index is 1.99. The Morgan fingerprint density at radius 1 is 1.47 bits per heavy atom. The van der Waals surface area contributed by atoms with E-state index >= 15 is 0 Å². The third-order valence-corrected chi connectivity index (χ3v) is 3.25. The van der Waals surface area contributed by atoms with E-state index in [-0.39, 0.29) is 12.5 Å². The number of carboxylic acid groups (broad SMARTS) is 1. The Morgan fingerprint density at radius 2 is 2.35 bits per heavy atom. The van der Waals surface area contributed by atoms with Crippen LogP contribution >= 0.6 is 0 Å². The number of nitrogens with zero attached hydrogens (tertiary/aromatic N) is 2. The predicted molar refractivity (Wildman–Crippen MR) is 64.5 cm³/mol. The van der Waals surface area contributed by atoms with E-state index in [1.54, 1.807) is 6.20 Å². The first kappa shape index (κ1) is 12.0. The van der Waals surface area contributed by atoms with Crippen molar-refractivity contribution in [1.82, 2.24) is 9.88 Å². The van der Waals surface area contributed by atoms with Crippen LogP contribution in [0.2, 0.25) is 0 Å². The average Bonchev–Trinajstić information content (AvgIpc) is 2.32. The number of piperidine rings is 1. The molecule has 0 radical (unpaired) electrons. The van der Waals surface area contributed by atoms with Gasteiger partial charge >= 0.3 is 5.97 Å². The highest BCUT2D eigenvalue weighted by Crippen LogP contribution is 2.21. The van der Waals surface area contributed by atoms with Crippen LogP contribution in [-0.2, 0) is 11.3 Å². The maximum absolute atomic E-state index is 10.8. The molecule has 1 unspecified atom stereocenters. The van der Waals surface area contributed by atoms with Gasteiger partial charge in [-0.15, -0.1) is 0 Å². The van der Waals surface area contributed by atoms with Gasteiger partial charge in [-0.1, -0.05) is 12.5 Å². The minimum atomic E-state index is -0.706. The van der Waals surface area contributed by atoms with Crippen molar-refractivity contribution in [1.29, 1.82) is 0 Å². The van der Waals surface area contributed by atoms with Crippen LogP contribution in [0.1, 0.15) is 31.4 Å². The molecule has 1 aromatic rings. The molecular weight excluding hydrogens is 216 g/mol. The van der Waals surface area contributed by atoms with E-state index in [0.717, 1.165) is 38.0 Å². The average molecular weight is 234 g/mol. The van der Waals surface area contributed by atoms with Crippen LogP contribution < -0.4 is 0 Å². The molecule has 4 heteroatoms. The maximum Gasteiger partial charge on any atom is 0.304 e. The van der Waals surface area contributed by atoms with Crippen LogP contribution in [0.5, 0.6) is 0 Å². The Hall–Kier alpha value is -1.42. The zero-order valence-corrected chi connectivity index (χ0v) is 9.88. The Labute approximate surface area is 101 Å². The van der Waals surface area contributed by atoms with Crippen molar-refractivity contribution in [2.75, 3.05) is 6.54 Å². The molecule has 2 rings (SSSR count). The van der Waals surface area contributed by atoms with Gasteiger partial charge in [0.15, 0.2) is 0 Å². The highest BCUT2D eigenvalue weighted by Gasteiger charge is 2.24. The molecule has 0 aliphatic carbocycles. The molecule has 0 amide bonds. The molecule has 0 spiro atoms. The second kappa shape index (κ2) is 5.77. The predicted octanol–water partition coefficient (Wildman–Crippen LogP) is 1.91. The van der Waals surface area contributed by atoms with Crippen molar-refractivity contribution in [3.8, 4) is 0 Å². The van der Waals surface area contributed by atoms with E-state index in [2.05, 4.69) is 9.88 Å². The van der Waals surface area contributed by atoms with E-state index in [0.29, 0.717) is 0 Å². The van der Waals surface area contributed by atoms with Crippen molar-refractivity contribution < 1.29 is 9.90 Å². The maximum atomic E-state index is 10.8. The zero-order valence-electron chi connectivity index (χ0n) is 9.88. The highest BCUT2D eigenvalue weighted by atomic mass is 16.4. The van der Waals surface area contributed by atoms with Crippen LogP contribution in [-0.4, -0.2) is 33.5 Å². The van der Waals surface area contributed by atoms with Crippen LogP contribution in [0.15, 0.2) is 24.4 Å². The lowest BCUT2D eigenvalue weighted by atomic mass is 9.99. The fraction of sp³-hybridized carbons (Fsp3) is 0.538. The lowest BCUT2D eigenvalue weighted by Crippen LogP contribution is -2.40. The number of pyridine rings is 1. The molecule has 4 nitrogen and oxygen atoms in total. The second-order valence-corrected chi connectivity index (χ2v) is 4.54. The number of carboxylic acids is 1. The number of hydrogen-bond acceptors (Lipinski definition) is 3. The number of rotatable bonds is 4. The van der Waals surface area contributed by atoms with Crippen LogP contribution in [0.25, 0.3) is 0 Å². The summed E-state index contributed by atoms with van der Waals surface area (Å²) >= 11 is 0. The SMILES string of the molecule is O=C(O)CC1CCCCN1Cc1ccccn1. The molecule has 1 aromatic heterocycles. The van der Waals surface area contributed by atoms with E-state index in [4.69, 9.17) is 5.11 Å². The van der Waals surface area contributed by atoms with Crippen LogP contribution in [0.4, 0.5) is 0 Å². The summed E-state index contributed by atoms with van der Waals surface area (Å²) in [6.07, 6.45) is 5.30. The molecule has 1 saturated heterocycles. The van der Waals surface area contributed by atoms with Crippen molar-refractivity contribution in [2.24, 2.45) is 0 Å². The second-order valence-electron chi connectivity index (χ2n) is 4.54. The molecule has 0 bridgehead atoms. The van der Waals surface area contributed by atoms with Gasteiger partial charge in [0, 0.05) is 18.8 Å². The van der Waals surface area contributed by atoms with Crippen LogP contribution in [0, 0.1) is 0 Å². The summed E-state index contributed by atoms with van der Waals surface area (Å²) in [5, 5.41) is 8.91. The van der Waals surface area contributed by atoms with Crippen molar-refractivity contribution in [3.63, 3.8) is 0 Å². The van der Waals surface area contributed by atoms with Crippen molar-refractivity contribution >= 4 is 5.97 Å². The lowest BCUT2D eigenvalue weighted by Gasteiger charge is -2.34. The largest absolute Gasteiger partial charge is 0.481 e. The topological polar surface area (TPSA) is 53.4 Å². The Bertz CT molecular complexity index is 367. The van der Waals surface area contributed by atoms with Crippen molar-refractivity contribution in [3.05, 3.63) is 30.1 Å². The van der Waals surface area contributed by atoms with Crippen LogP contribution in [0.3, 0.4) is 0 Å². The minimum absolute atomic E-state index is 0.170. The fourth-order valence-electron chi connectivity index (χ4n) is 2.40. The monoisotopic (exact) mass is 234 g/mol. The summed E-state index contributed by atoms with van der Waals surface area (Å²) in [5.41, 5.74) is 1.02. The molecule has 1 aliphatic rings. The van der Waals surface area contributed by atoms with Gasteiger partial charge in [0.1, 0.15) is 0 Å². The quantitative estimate of drug-likeness (QED) is 0.864. The number of carbonyl (C=O) groups is 1. The molecule has 0 aromatic carbocycles. The van der Waals surface area contributed by atoms with Gasteiger partial charge in [-0.2, -0.15) is 0 Å². The minimum Gasteiger partial charge on any atom is -0.481 e. The standard InChI is InChI=1S/C13H18N2O2/c16-13(17)9-12-6-2-4-8-15(12)10-11-5-1-3-7-14-11/h1,3,5,7,12H,2,4,6,8-10H2,(H,16,17). The molecule has 1 atom stereocenters. The molecule has 1 N–H and O–H groups in total. The lowest BCUT2D eigenvalue weighted by molar-refractivity contribution is -0.138. The molecule has 1 aliphatic heterocycles. The van der Waals surface area contributed by atoms with Gasteiger partial charge in [-0.3, -0.25) is 14.7 Å². The van der Waals surface area contributed by atoms with Gasteiger partial charge < -0.3 is 5.11 Å². The van der Waals surface area contributed by atoms with Gasteiger partial charge in [0.2, 0.25) is 0 Å². The first-order valence-corrected chi connectivity index (χ1v) is 6.11. The van der Waals surface area contributed by atoms with Gasteiger partial charge in [0.25, 0.3) is 0 Å². The van der Waals surface area contributed by atoms with Gasteiger partial charge in [0.05, 0.1) is 12.1 Å². The smallest absolute Gasteiger partial charge is 0.304 e. The summed E-state index contributed by atoms with van der Waals surface area (Å²) in [6, 6.07) is 6.03. The summed E-state index contributed by atoms with van der Waals surface area (Å²) < 4.78 is 0. The van der Waals surface area contributed by atoms with E-state index < -0.39 is 5.97 Å². The summed E-state index contributed by atoms with van der Waals surface area (Å²) in [4.78, 5) is 17.4. The van der Waals surface area contributed by atoms with E-state index in [1.807, 2.05) is 18.2 Å². The first-order chi connectivity index (χ1) is 8.25. The normalized spacial score (nSPS) is 21.3.